The second-order valence-electron chi connectivity index (χ2n) is 5.74. The highest BCUT2D eigenvalue weighted by molar-refractivity contribution is 7.88. The summed E-state index contributed by atoms with van der Waals surface area (Å²) in [5.41, 5.74) is 4.24. The predicted molar refractivity (Wildman–Crippen MR) is 89.7 cm³/mol. The van der Waals surface area contributed by atoms with Crippen LogP contribution in [0.25, 0.3) is 11.0 Å². The van der Waals surface area contributed by atoms with Crippen LogP contribution in [0.5, 0.6) is 0 Å². The van der Waals surface area contributed by atoms with E-state index in [1.54, 1.807) is 0 Å². The van der Waals surface area contributed by atoms with Gasteiger partial charge in [-0.15, -0.1) is 0 Å². The van der Waals surface area contributed by atoms with Crippen molar-refractivity contribution in [3.05, 3.63) is 29.1 Å². The Morgan fingerprint density at radius 1 is 1.35 bits per heavy atom. The molecule has 1 aromatic carbocycles. The third kappa shape index (κ3) is 4.52. The number of nitrogens with zero attached hydrogens (tertiary/aromatic N) is 1. The van der Waals surface area contributed by atoms with Crippen molar-refractivity contribution in [1.82, 2.24) is 20.0 Å². The van der Waals surface area contributed by atoms with Crippen LogP contribution in [0, 0.1) is 13.8 Å². The Labute approximate surface area is 135 Å². The van der Waals surface area contributed by atoms with Crippen LogP contribution in [0.15, 0.2) is 12.1 Å². The van der Waals surface area contributed by atoms with Crippen LogP contribution in [0.1, 0.15) is 23.9 Å². The number of nitrogens with one attached hydrogen (secondary N) is 3. The SMILES string of the molecule is Cc1ccc2[nH]c(CCNC(=O)C(C)NS(C)(=O)=O)nc2c1C. The zero-order valence-electron chi connectivity index (χ0n) is 13.7. The third-order valence-electron chi connectivity index (χ3n) is 3.67. The Bertz CT molecular complexity index is 827. The molecule has 1 amide bonds. The number of sulfonamides is 1. The molecular formula is C15H22N4O3S. The fraction of sp³-hybridized carbons (Fsp3) is 0.467. The molecule has 0 saturated carbocycles. The van der Waals surface area contributed by atoms with Gasteiger partial charge in [0.05, 0.1) is 23.3 Å². The molecule has 7 nitrogen and oxygen atoms in total. The van der Waals surface area contributed by atoms with Gasteiger partial charge in [-0.05, 0) is 38.0 Å². The van der Waals surface area contributed by atoms with Gasteiger partial charge in [-0.25, -0.2) is 18.1 Å². The smallest absolute Gasteiger partial charge is 0.237 e. The summed E-state index contributed by atoms with van der Waals surface area (Å²) >= 11 is 0. The number of fused-ring (bicyclic) bond motifs is 1. The number of amides is 1. The highest BCUT2D eigenvalue weighted by Crippen LogP contribution is 2.19. The van der Waals surface area contributed by atoms with E-state index in [2.05, 4.69) is 20.0 Å². The first-order valence-electron chi connectivity index (χ1n) is 7.37. The zero-order chi connectivity index (χ0) is 17.2. The minimum absolute atomic E-state index is 0.362. The molecule has 23 heavy (non-hydrogen) atoms. The molecular weight excluding hydrogens is 316 g/mol. The van der Waals surface area contributed by atoms with Crippen molar-refractivity contribution in [2.75, 3.05) is 12.8 Å². The van der Waals surface area contributed by atoms with Crippen molar-refractivity contribution in [1.29, 1.82) is 0 Å². The first-order valence-corrected chi connectivity index (χ1v) is 9.26. The molecule has 0 aliphatic heterocycles. The first kappa shape index (κ1) is 17.4. The number of hydrogen-bond acceptors (Lipinski definition) is 4. The molecule has 2 rings (SSSR count). The van der Waals surface area contributed by atoms with E-state index in [0.29, 0.717) is 13.0 Å². The van der Waals surface area contributed by atoms with Crippen LogP contribution in [0.4, 0.5) is 0 Å². The molecule has 1 atom stereocenters. The molecule has 1 heterocycles. The van der Waals surface area contributed by atoms with Gasteiger partial charge >= 0.3 is 0 Å². The molecule has 1 aromatic heterocycles. The average Bonchev–Trinajstić information content (AvgIpc) is 2.85. The van der Waals surface area contributed by atoms with E-state index >= 15 is 0 Å². The minimum Gasteiger partial charge on any atom is -0.354 e. The molecule has 0 saturated heterocycles. The normalized spacial score (nSPS) is 13.2. The molecule has 0 spiro atoms. The van der Waals surface area contributed by atoms with E-state index in [-0.39, 0.29) is 5.91 Å². The Morgan fingerprint density at radius 2 is 2.04 bits per heavy atom. The maximum atomic E-state index is 11.8. The van der Waals surface area contributed by atoms with E-state index in [1.165, 1.54) is 12.5 Å². The summed E-state index contributed by atoms with van der Waals surface area (Å²) in [6.45, 7) is 5.96. The number of H-pyrrole nitrogens is 1. The molecule has 8 heteroatoms. The molecule has 2 aromatic rings. The van der Waals surface area contributed by atoms with Crippen molar-refractivity contribution >= 4 is 27.0 Å². The van der Waals surface area contributed by atoms with Gasteiger partial charge in [0.1, 0.15) is 5.82 Å². The van der Waals surface area contributed by atoms with Gasteiger partial charge in [0.15, 0.2) is 0 Å². The van der Waals surface area contributed by atoms with Crippen molar-refractivity contribution in [2.24, 2.45) is 0 Å². The highest BCUT2D eigenvalue weighted by atomic mass is 32.2. The number of benzene rings is 1. The van der Waals surface area contributed by atoms with Gasteiger partial charge in [-0.2, -0.15) is 0 Å². The van der Waals surface area contributed by atoms with Crippen LogP contribution >= 0.6 is 0 Å². The number of carbonyl (C=O) groups excluding carboxylic acids is 1. The lowest BCUT2D eigenvalue weighted by Gasteiger charge is -2.12. The van der Waals surface area contributed by atoms with Crippen molar-refractivity contribution in [3.63, 3.8) is 0 Å². The molecule has 0 radical (unpaired) electrons. The van der Waals surface area contributed by atoms with Crippen LogP contribution in [0.3, 0.4) is 0 Å². The standard InChI is InChI=1S/C15H22N4O3S/c1-9-5-6-12-14(10(9)2)18-13(17-12)7-8-16-15(20)11(3)19-23(4,21)22/h5-6,11,19H,7-8H2,1-4H3,(H,16,20)(H,17,18). The maximum absolute atomic E-state index is 11.8. The van der Waals surface area contributed by atoms with Crippen LogP contribution < -0.4 is 10.0 Å². The quantitative estimate of drug-likeness (QED) is 0.724. The monoisotopic (exact) mass is 338 g/mol. The summed E-state index contributed by atoms with van der Waals surface area (Å²) in [7, 11) is -3.40. The summed E-state index contributed by atoms with van der Waals surface area (Å²) in [5.74, 6) is 0.427. The van der Waals surface area contributed by atoms with Crippen molar-refractivity contribution in [2.45, 2.75) is 33.2 Å². The van der Waals surface area contributed by atoms with Crippen LogP contribution in [-0.4, -0.2) is 43.1 Å². The summed E-state index contributed by atoms with van der Waals surface area (Å²) in [6.07, 6.45) is 1.57. The van der Waals surface area contributed by atoms with E-state index in [9.17, 15) is 13.2 Å². The Morgan fingerprint density at radius 3 is 2.70 bits per heavy atom. The summed E-state index contributed by atoms with van der Waals surface area (Å²) in [4.78, 5) is 19.6. The number of rotatable bonds is 6. The van der Waals surface area contributed by atoms with Gasteiger partial charge in [-0.1, -0.05) is 6.07 Å². The van der Waals surface area contributed by atoms with Crippen molar-refractivity contribution < 1.29 is 13.2 Å². The first-order chi connectivity index (χ1) is 10.7. The molecule has 0 aliphatic rings. The van der Waals surface area contributed by atoms with Crippen LogP contribution in [-0.2, 0) is 21.2 Å². The van der Waals surface area contributed by atoms with Gasteiger partial charge < -0.3 is 10.3 Å². The molecule has 0 fully saturated rings. The fourth-order valence-corrected chi connectivity index (χ4v) is 3.06. The van der Waals surface area contributed by atoms with Gasteiger partial charge in [-0.3, -0.25) is 4.79 Å². The number of aromatic nitrogens is 2. The number of hydrogen-bond donors (Lipinski definition) is 3. The largest absolute Gasteiger partial charge is 0.354 e. The predicted octanol–water partition coefficient (Wildman–Crippen LogP) is 0.776. The van der Waals surface area contributed by atoms with Gasteiger partial charge in [0, 0.05) is 13.0 Å². The summed E-state index contributed by atoms with van der Waals surface area (Å²) < 4.78 is 24.4. The highest BCUT2D eigenvalue weighted by Gasteiger charge is 2.16. The van der Waals surface area contributed by atoms with E-state index in [1.807, 2.05) is 26.0 Å². The van der Waals surface area contributed by atoms with Gasteiger partial charge in [0.25, 0.3) is 0 Å². The number of aromatic amines is 1. The molecule has 3 N–H and O–H groups in total. The number of carbonyl (C=O) groups is 1. The number of imidazole rings is 1. The molecule has 0 aliphatic carbocycles. The van der Waals surface area contributed by atoms with E-state index < -0.39 is 16.1 Å². The summed E-state index contributed by atoms with van der Waals surface area (Å²) in [5, 5.41) is 2.70. The number of aryl methyl sites for hydroxylation is 2. The zero-order valence-corrected chi connectivity index (χ0v) is 14.5. The third-order valence-corrected chi connectivity index (χ3v) is 4.45. The lowest BCUT2D eigenvalue weighted by Crippen LogP contribution is -2.44. The average molecular weight is 338 g/mol. The Balaban J connectivity index is 1.94. The lowest BCUT2D eigenvalue weighted by molar-refractivity contribution is -0.122. The second-order valence-corrected chi connectivity index (χ2v) is 7.52. The van der Waals surface area contributed by atoms with Crippen molar-refractivity contribution in [3.8, 4) is 0 Å². The molecule has 126 valence electrons. The lowest BCUT2D eigenvalue weighted by atomic mass is 10.1. The van der Waals surface area contributed by atoms with E-state index in [0.717, 1.165) is 28.7 Å². The summed E-state index contributed by atoms with van der Waals surface area (Å²) in [6, 6.07) is 3.23. The second kappa shape index (κ2) is 6.67. The maximum Gasteiger partial charge on any atom is 0.237 e. The minimum atomic E-state index is -3.40. The topological polar surface area (TPSA) is 104 Å². The molecule has 0 bridgehead atoms. The Hall–Kier alpha value is -1.93. The van der Waals surface area contributed by atoms with Crippen LogP contribution in [0.2, 0.25) is 0 Å². The Kier molecular flexibility index (Phi) is 5.06. The van der Waals surface area contributed by atoms with Gasteiger partial charge in [0.2, 0.25) is 15.9 Å². The molecule has 1 unspecified atom stereocenters. The fourth-order valence-electron chi connectivity index (χ4n) is 2.31. The van der Waals surface area contributed by atoms with E-state index in [4.69, 9.17) is 0 Å².